The van der Waals surface area contributed by atoms with E-state index in [0.717, 1.165) is 89.9 Å². The third-order valence-electron chi connectivity index (χ3n) is 17.8. The normalized spacial score (nSPS) is 14.5. The van der Waals surface area contributed by atoms with Crippen molar-refractivity contribution in [1.29, 1.82) is 0 Å². The third kappa shape index (κ3) is 7.19. The Hall–Kier alpha value is -10.7. The Morgan fingerprint density at radius 2 is 0.843 bits per heavy atom. The fraction of sp³-hybridized carbons (Fsp3) is 0.0380. The van der Waals surface area contributed by atoms with Crippen molar-refractivity contribution in [2.24, 2.45) is 0 Å². The lowest BCUT2D eigenvalue weighted by atomic mass is 9.70. The SMILES string of the molecule is C1=CC(N(c2cc(-c3cccc4c3-c3ccccc3C43c4ccccc4-c4ccccc43)cc(N(c3ccc(-c4ccccc4)cc3)c3cccc4oc5ccccc5c34)c2)c2cccc3oc4ccccc4c23)CC=C1c1ccccc1. The fourth-order valence-corrected chi connectivity index (χ4v) is 14.3. The smallest absolute Gasteiger partial charge is 0.137 e. The number of hydrogen-bond donors (Lipinski definition) is 0. The Kier molecular flexibility index (Phi) is 10.6. The first kappa shape index (κ1) is 47.2. The predicted octanol–water partition coefficient (Wildman–Crippen LogP) is 21.2. The largest absolute Gasteiger partial charge is 0.456 e. The van der Waals surface area contributed by atoms with Gasteiger partial charge in [0.15, 0.2) is 0 Å². The van der Waals surface area contributed by atoms with Gasteiger partial charge in [-0.25, -0.2) is 0 Å². The fourth-order valence-electron chi connectivity index (χ4n) is 14.3. The van der Waals surface area contributed by atoms with Crippen molar-refractivity contribution in [3.8, 4) is 44.5 Å². The molecule has 14 aromatic rings. The van der Waals surface area contributed by atoms with Crippen molar-refractivity contribution in [3.05, 3.63) is 325 Å². The van der Waals surface area contributed by atoms with Crippen LogP contribution in [0, 0.1) is 0 Å². The van der Waals surface area contributed by atoms with E-state index in [0.29, 0.717) is 0 Å². The molecule has 0 fully saturated rings. The molecule has 1 unspecified atom stereocenters. The van der Waals surface area contributed by atoms with Crippen LogP contribution < -0.4 is 9.80 Å². The predicted molar refractivity (Wildman–Crippen MR) is 343 cm³/mol. The molecule has 0 N–H and O–H groups in total. The maximum atomic E-state index is 6.73. The summed E-state index contributed by atoms with van der Waals surface area (Å²) in [5.41, 5.74) is 25.4. The molecule has 390 valence electrons. The van der Waals surface area contributed by atoms with Crippen LogP contribution in [0.2, 0.25) is 0 Å². The van der Waals surface area contributed by atoms with Crippen LogP contribution in [0.4, 0.5) is 28.4 Å². The highest BCUT2D eigenvalue weighted by atomic mass is 16.3. The quantitative estimate of drug-likeness (QED) is 0.144. The van der Waals surface area contributed by atoms with Gasteiger partial charge in [-0.3, -0.25) is 0 Å². The second-order valence-electron chi connectivity index (χ2n) is 22.2. The molecular weight excluding hydrogens is 1010 g/mol. The van der Waals surface area contributed by atoms with Crippen LogP contribution >= 0.6 is 0 Å². The van der Waals surface area contributed by atoms with E-state index in [9.17, 15) is 0 Å². The topological polar surface area (TPSA) is 32.8 Å². The second-order valence-corrected chi connectivity index (χ2v) is 22.2. The molecule has 0 amide bonds. The molecule has 83 heavy (non-hydrogen) atoms. The van der Waals surface area contributed by atoms with Gasteiger partial charge in [0.05, 0.1) is 33.6 Å². The summed E-state index contributed by atoms with van der Waals surface area (Å²) >= 11 is 0. The summed E-state index contributed by atoms with van der Waals surface area (Å²) in [7, 11) is 0. The molecule has 0 saturated carbocycles. The van der Waals surface area contributed by atoms with E-state index in [1.54, 1.807) is 0 Å². The van der Waals surface area contributed by atoms with Crippen molar-refractivity contribution >= 4 is 77.9 Å². The molecular formula is C79H52N2O2. The Balaban J connectivity index is 0.968. The zero-order chi connectivity index (χ0) is 54.6. The molecule has 2 heterocycles. The minimum atomic E-state index is -0.514. The van der Waals surface area contributed by atoms with E-state index in [1.165, 1.54) is 66.8 Å². The van der Waals surface area contributed by atoms with Gasteiger partial charge < -0.3 is 18.6 Å². The van der Waals surface area contributed by atoms with E-state index in [4.69, 9.17) is 8.83 Å². The first-order valence-corrected chi connectivity index (χ1v) is 28.7. The highest BCUT2D eigenvalue weighted by molar-refractivity contribution is 6.15. The molecule has 1 spiro atoms. The Bertz CT molecular complexity index is 4920. The van der Waals surface area contributed by atoms with Gasteiger partial charge in [0.2, 0.25) is 0 Å². The van der Waals surface area contributed by atoms with Crippen molar-refractivity contribution in [2.45, 2.75) is 17.9 Å². The van der Waals surface area contributed by atoms with Crippen LogP contribution in [0.25, 0.3) is 94.0 Å². The first-order valence-electron chi connectivity index (χ1n) is 28.7. The van der Waals surface area contributed by atoms with Crippen molar-refractivity contribution < 1.29 is 8.83 Å². The maximum absolute atomic E-state index is 6.73. The number of fused-ring (bicyclic) bond motifs is 16. The highest BCUT2D eigenvalue weighted by Gasteiger charge is 2.52. The van der Waals surface area contributed by atoms with Crippen LogP contribution in [-0.2, 0) is 5.41 Å². The number of para-hydroxylation sites is 2. The number of anilines is 5. The first-order chi connectivity index (χ1) is 41.2. The molecule has 1 atom stereocenters. The third-order valence-corrected chi connectivity index (χ3v) is 17.8. The van der Waals surface area contributed by atoms with Gasteiger partial charge in [0.1, 0.15) is 22.3 Å². The zero-order valence-corrected chi connectivity index (χ0v) is 45.3. The molecule has 3 aliphatic rings. The number of furan rings is 2. The van der Waals surface area contributed by atoms with Gasteiger partial charge in [-0.05, 0) is 151 Å². The molecule has 4 heteroatoms. The summed E-state index contributed by atoms with van der Waals surface area (Å²) in [6, 6.07) is 102. The lowest BCUT2D eigenvalue weighted by Crippen LogP contribution is -2.30. The molecule has 4 nitrogen and oxygen atoms in total. The summed E-state index contributed by atoms with van der Waals surface area (Å²) in [4.78, 5) is 5.04. The van der Waals surface area contributed by atoms with Crippen LogP contribution in [-0.4, -0.2) is 6.04 Å². The van der Waals surface area contributed by atoms with E-state index < -0.39 is 5.41 Å². The van der Waals surface area contributed by atoms with E-state index in [-0.39, 0.29) is 6.04 Å². The van der Waals surface area contributed by atoms with Crippen molar-refractivity contribution in [3.63, 3.8) is 0 Å². The van der Waals surface area contributed by atoms with Crippen molar-refractivity contribution in [1.82, 2.24) is 0 Å². The standard InChI is InChI=1S/C79H52N2O2/c1-3-20-51(21-4-1)53-40-44-56(45-41-53)80(70-34-18-38-74-77(70)64-27-10-15-36-72(64)82-74)58-48-55(60-29-17-33-69-76(60)63-26-9-14-32-68(63)79(69)66-30-12-7-24-61(66)62-25-8-13-31-67(62)79)49-59(50-58)81(57-46-42-54(43-47-57)52-22-5-2-6-23-52)71-35-19-39-75-78(71)65-28-11-16-37-73(65)83-75/h1-46,48-50,57H,47H2. The van der Waals surface area contributed by atoms with E-state index >= 15 is 0 Å². The Labute approximate surface area is 481 Å². The number of rotatable bonds is 9. The zero-order valence-electron chi connectivity index (χ0n) is 45.3. The molecule has 0 radical (unpaired) electrons. The van der Waals surface area contributed by atoms with Crippen molar-refractivity contribution in [2.75, 3.05) is 9.80 Å². The number of nitrogens with zero attached hydrogens (tertiary/aromatic N) is 2. The number of hydrogen-bond acceptors (Lipinski definition) is 4. The molecule has 0 saturated heterocycles. The molecule has 3 aliphatic carbocycles. The van der Waals surface area contributed by atoms with Gasteiger partial charge in [-0.1, -0.05) is 231 Å². The van der Waals surface area contributed by atoms with Crippen LogP contribution in [0.3, 0.4) is 0 Å². The molecule has 12 aromatic carbocycles. The number of allylic oxidation sites excluding steroid dienone is 2. The highest BCUT2D eigenvalue weighted by Crippen LogP contribution is 2.64. The van der Waals surface area contributed by atoms with E-state index in [1.807, 2.05) is 0 Å². The van der Waals surface area contributed by atoms with Crippen LogP contribution in [0.15, 0.2) is 306 Å². The summed E-state index contributed by atoms with van der Waals surface area (Å²) in [5.74, 6) is 0. The summed E-state index contributed by atoms with van der Waals surface area (Å²) in [5, 5.41) is 4.28. The average Bonchev–Trinajstić information content (AvgIpc) is 1.69. The lowest BCUT2D eigenvalue weighted by Gasteiger charge is -2.35. The number of benzene rings is 12. The van der Waals surface area contributed by atoms with Crippen LogP contribution in [0.5, 0.6) is 0 Å². The van der Waals surface area contributed by atoms with Gasteiger partial charge in [0.25, 0.3) is 0 Å². The summed E-state index contributed by atoms with van der Waals surface area (Å²) < 4.78 is 13.4. The summed E-state index contributed by atoms with van der Waals surface area (Å²) in [6.07, 6.45) is 7.91. The van der Waals surface area contributed by atoms with Gasteiger partial charge >= 0.3 is 0 Å². The van der Waals surface area contributed by atoms with Gasteiger partial charge in [-0.2, -0.15) is 0 Å². The van der Waals surface area contributed by atoms with E-state index in [2.05, 4.69) is 307 Å². The monoisotopic (exact) mass is 1060 g/mol. The Morgan fingerprint density at radius 3 is 1.49 bits per heavy atom. The lowest BCUT2D eigenvalue weighted by molar-refractivity contribution is 0.668. The molecule has 0 bridgehead atoms. The second kappa shape index (κ2) is 18.7. The molecule has 0 aliphatic heterocycles. The van der Waals surface area contributed by atoms with Gasteiger partial charge in [0, 0.05) is 27.8 Å². The molecule has 17 rings (SSSR count). The minimum Gasteiger partial charge on any atom is -0.456 e. The Morgan fingerprint density at radius 1 is 0.349 bits per heavy atom. The maximum Gasteiger partial charge on any atom is 0.137 e. The average molecular weight is 1060 g/mol. The molecule has 2 aromatic heterocycles. The van der Waals surface area contributed by atoms with Gasteiger partial charge in [-0.15, -0.1) is 0 Å². The van der Waals surface area contributed by atoms with Crippen LogP contribution in [0.1, 0.15) is 34.2 Å². The minimum absolute atomic E-state index is 0.0818. The summed E-state index contributed by atoms with van der Waals surface area (Å²) in [6.45, 7) is 0.